The topological polar surface area (TPSA) is 98.5 Å². The summed E-state index contributed by atoms with van der Waals surface area (Å²) >= 11 is 0. The fourth-order valence-electron chi connectivity index (χ4n) is 5.49. The van der Waals surface area contributed by atoms with E-state index in [1.165, 1.54) is 4.57 Å². The van der Waals surface area contributed by atoms with Crippen LogP contribution in [0.3, 0.4) is 0 Å². The van der Waals surface area contributed by atoms with Crippen molar-refractivity contribution in [1.82, 2.24) is 9.55 Å². The summed E-state index contributed by atoms with van der Waals surface area (Å²) in [5.74, 6) is -0.288. The summed E-state index contributed by atoms with van der Waals surface area (Å²) in [7, 11) is -4.12. The van der Waals surface area contributed by atoms with Gasteiger partial charge in [-0.1, -0.05) is 75.7 Å². The van der Waals surface area contributed by atoms with Crippen LogP contribution in [-0.2, 0) is 40.4 Å². The Balaban J connectivity index is 1.68. The average Bonchev–Trinajstić information content (AvgIpc) is 2.95. The third-order valence-electron chi connectivity index (χ3n) is 7.71. The molecule has 0 unspecified atom stereocenters. The fourth-order valence-corrected chi connectivity index (χ4v) is 7.35. The summed E-state index contributed by atoms with van der Waals surface area (Å²) in [6.07, 6.45) is 5.30. The minimum absolute atomic E-state index is 0.0417. The van der Waals surface area contributed by atoms with Crippen LogP contribution in [-0.4, -0.2) is 34.4 Å². The smallest absolute Gasteiger partial charge is 0.280 e. The first kappa shape index (κ1) is 29.0. The van der Waals surface area contributed by atoms with Gasteiger partial charge in [-0.2, -0.15) is 4.98 Å². The third kappa shape index (κ3) is 6.28. The molecular weight excluding hydrogens is 512 g/mol. The van der Waals surface area contributed by atoms with Crippen LogP contribution in [0.2, 0.25) is 0 Å². The van der Waals surface area contributed by atoms with Crippen LogP contribution < -0.4 is 5.56 Å². The molecule has 0 amide bonds. The second kappa shape index (κ2) is 12.9. The van der Waals surface area contributed by atoms with Crippen LogP contribution in [0.1, 0.15) is 81.8 Å². The van der Waals surface area contributed by atoms with Gasteiger partial charge >= 0.3 is 0 Å². The largest absolute Gasteiger partial charge is 0.492 e. The number of nitrogens with zero attached hydrogens (tertiary/aromatic N) is 2. The number of hydrogen-bond donors (Lipinski definition) is 1. The van der Waals surface area contributed by atoms with E-state index in [4.69, 9.17) is 4.74 Å². The van der Waals surface area contributed by atoms with Crippen LogP contribution in [0.5, 0.6) is 5.88 Å². The lowest BCUT2D eigenvalue weighted by Crippen LogP contribution is -2.36. The van der Waals surface area contributed by atoms with Gasteiger partial charge in [-0.15, -0.1) is 0 Å². The number of aromatic hydroxyl groups is 1. The van der Waals surface area contributed by atoms with Gasteiger partial charge in [0.25, 0.3) is 5.56 Å². The minimum atomic E-state index is -4.12. The second-order valence-corrected chi connectivity index (χ2v) is 12.5. The van der Waals surface area contributed by atoms with E-state index in [-0.39, 0.29) is 6.10 Å². The van der Waals surface area contributed by atoms with Gasteiger partial charge in [0, 0.05) is 6.42 Å². The summed E-state index contributed by atoms with van der Waals surface area (Å²) in [4.78, 5) is 17.9. The van der Waals surface area contributed by atoms with Gasteiger partial charge in [-0.05, 0) is 61.6 Å². The van der Waals surface area contributed by atoms with Crippen LogP contribution in [0, 0.1) is 0 Å². The van der Waals surface area contributed by atoms with Crippen molar-refractivity contribution in [1.29, 1.82) is 0 Å². The van der Waals surface area contributed by atoms with E-state index < -0.39 is 31.4 Å². The zero-order valence-corrected chi connectivity index (χ0v) is 24.0. The van der Waals surface area contributed by atoms with Gasteiger partial charge in [0.05, 0.1) is 23.6 Å². The van der Waals surface area contributed by atoms with Gasteiger partial charge in [-0.25, -0.2) is 8.42 Å². The predicted octanol–water partition coefficient (Wildman–Crippen LogP) is 5.71. The molecule has 8 heteroatoms. The van der Waals surface area contributed by atoms with Crippen molar-refractivity contribution < 1.29 is 18.3 Å². The van der Waals surface area contributed by atoms with E-state index in [1.807, 2.05) is 69.3 Å². The lowest BCUT2D eigenvalue weighted by Gasteiger charge is -2.28. The van der Waals surface area contributed by atoms with E-state index in [9.17, 15) is 18.3 Å². The summed E-state index contributed by atoms with van der Waals surface area (Å²) in [6, 6.07) is 15.8. The Hall–Kier alpha value is -2.97. The first-order valence-corrected chi connectivity index (χ1v) is 15.7. The molecule has 1 fully saturated rings. The highest BCUT2D eigenvalue weighted by Gasteiger charge is 2.38. The zero-order chi connectivity index (χ0) is 28.0. The number of rotatable bonds is 11. The molecule has 1 aliphatic rings. The summed E-state index contributed by atoms with van der Waals surface area (Å²) in [5, 5.41) is 10.1. The van der Waals surface area contributed by atoms with Gasteiger partial charge in [0.1, 0.15) is 5.82 Å². The van der Waals surface area contributed by atoms with E-state index in [1.54, 1.807) is 0 Å². The van der Waals surface area contributed by atoms with Gasteiger partial charge in [-0.3, -0.25) is 9.36 Å². The number of unbranched alkanes of at least 4 members (excludes halogenated alkanes) is 1. The van der Waals surface area contributed by atoms with E-state index >= 15 is 0 Å². The molecule has 0 atom stereocenters. The number of aryl methyl sites for hydroxylation is 3. The number of para-hydroxylation sites is 1. The van der Waals surface area contributed by atoms with Gasteiger partial charge < -0.3 is 9.84 Å². The molecule has 1 heterocycles. The summed E-state index contributed by atoms with van der Waals surface area (Å²) < 4.78 is 35.3. The minimum Gasteiger partial charge on any atom is -0.492 e. The maximum Gasteiger partial charge on any atom is 0.280 e. The Morgan fingerprint density at radius 3 is 2.18 bits per heavy atom. The quantitative estimate of drug-likeness (QED) is 0.327. The lowest BCUT2D eigenvalue weighted by molar-refractivity contribution is 0.0174. The van der Waals surface area contributed by atoms with Crippen molar-refractivity contribution >= 4 is 9.84 Å². The number of sulfone groups is 1. The molecule has 1 aliphatic carbocycles. The second-order valence-electron chi connectivity index (χ2n) is 10.3. The van der Waals surface area contributed by atoms with Gasteiger partial charge in [0.2, 0.25) is 5.88 Å². The molecule has 0 spiro atoms. The van der Waals surface area contributed by atoms with Crippen molar-refractivity contribution in [2.24, 2.45) is 0 Å². The Morgan fingerprint density at radius 2 is 1.59 bits per heavy atom. The van der Waals surface area contributed by atoms with E-state index in [0.717, 1.165) is 29.5 Å². The predicted molar refractivity (Wildman–Crippen MR) is 153 cm³/mol. The summed E-state index contributed by atoms with van der Waals surface area (Å²) in [5.41, 5.74) is 2.96. The number of hydrogen-bond acceptors (Lipinski definition) is 6. The molecule has 0 bridgehead atoms. The van der Waals surface area contributed by atoms with Crippen molar-refractivity contribution in [3.05, 3.63) is 81.4 Å². The van der Waals surface area contributed by atoms with E-state index in [0.29, 0.717) is 63.1 Å². The van der Waals surface area contributed by atoms with Crippen LogP contribution >= 0.6 is 0 Å². The maximum atomic E-state index is 14.1. The first-order valence-electron chi connectivity index (χ1n) is 14.2. The SMILES string of the molecule is CCCCc1nc(O)c(S(=O)(=O)C2CCC(OCc3ccccc3)CC2)c(=O)n1-c1c(CC)cccc1CC. The van der Waals surface area contributed by atoms with E-state index in [2.05, 4.69) is 4.98 Å². The summed E-state index contributed by atoms with van der Waals surface area (Å²) in [6.45, 7) is 6.55. The monoisotopic (exact) mass is 552 g/mol. The molecule has 2 aromatic carbocycles. The van der Waals surface area contributed by atoms with Gasteiger partial charge in [0.15, 0.2) is 14.7 Å². The van der Waals surface area contributed by atoms with Crippen LogP contribution in [0.25, 0.3) is 5.69 Å². The highest BCUT2D eigenvalue weighted by Crippen LogP contribution is 2.33. The van der Waals surface area contributed by atoms with Crippen molar-refractivity contribution in [2.75, 3.05) is 0 Å². The Kier molecular flexibility index (Phi) is 9.62. The molecule has 0 saturated heterocycles. The number of aromatic nitrogens is 2. The highest BCUT2D eigenvalue weighted by molar-refractivity contribution is 7.92. The zero-order valence-electron chi connectivity index (χ0n) is 23.2. The van der Waals surface area contributed by atoms with Crippen molar-refractivity contribution in [3.63, 3.8) is 0 Å². The maximum absolute atomic E-state index is 14.1. The lowest BCUT2D eigenvalue weighted by atomic mass is 9.97. The Labute approximate surface area is 231 Å². The molecule has 4 rings (SSSR count). The Bertz CT molecular complexity index is 1400. The molecule has 0 radical (unpaired) electrons. The van der Waals surface area contributed by atoms with Crippen LogP contribution in [0.15, 0.2) is 58.2 Å². The normalized spacial score (nSPS) is 17.8. The molecule has 1 N–H and O–H groups in total. The Morgan fingerprint density at radius 1 is 0.949 bits per heavy atom. The molecule has 1 aromatic heterocycles. The first-order chi connectivity index (χ1) is 18.8. The van der Waals surface area contributed by atoms with Crippen molar-refractivity contribution in [2.45, 2.75) is 101 Å². The molecule has 3 aromatic rings. The van der Waals surface area contributed by atoms with Crippen molar-refractivity contribution in [3.8, 4) is 11.6 Å². The fraction of sp³-hybridized carbons (Fsp3) is 0.484. The molecule has 1 saturated carbocycles. The molecule has 0 aliphatic heterocycles. The third-order valence-corrected chi connectivity index (χ3v) is 9.98. The number of ether oxygens (including phenoxy) is 1. The number of benzene rings is 2. The molecule has 210 valence electrons. The standard InChI is InChI=1S/C31H40N2O5S/c1-4-7-16-27-32-30(34)29(31(35)33(27)28-23(5-2)14-11-15-24(28)6-3)39(36,37)26-19-17-25(18-20-26)38-21-22-12-9-8-10-13-22/h8-15,25-26,34H,4-7,16-21H2,1-3H3. The van der Waals surface area contributed by atoms with Crippen LogP contribution in [0.4, 0.5) is 0 Å². The molecule has 7 nitrogen and oxygen atoms in total. The highest BCUT2D eigenvalue weighted by atomic mass is 32.2. The molecular formula is C31H40N2O5S. The average molecular weight is 553 g/mol. The molecule has 39 heavy (non-hydrogen) atoms.